The summed E-state index contributed by atoms with van der Waals surface area (Å²) >= 11 is 0. The zero-order valence-corrected chi connectivity index (χ0v) is 6.54. The molecule has 0 spiro atoms. The van der Waals surface area contributed by atoms with Crippen LogP contribution in [0.5, 0.6) is 0 Å². The quantitative estimate of drug-likeness (QED) is 0.521. The van der Waals surface area contributed by atoms with E-state index in [9.17, 15) is 0 Å². The van der Waals surface area contributed by atoms with E-state index in [0.29, 0.717) is 0 Å². The molecule has 2 aliphatic carbocycles. The molecule has 0 aromatic heterocycles. The molecule has 0 saturated heterocycles. The molecule has 55 valence electrons. The number of rotatable bonds is 0. The Balaban J connectivity index is 2.50. The average molecular weight is 151 g/mol. The van der Waals surface area contributed by atoms with Gasteiger partial charge in [-0.3, -0.25) is 0 Å². The third-order valence-corrected chi connectivity index (χ3v) is 2.32. The number of hydrogen-bond acceptors (Lipinski definition) is 0. The molecule has 0 aliphatic heterocycles. The van der Waals surface area contributed by atoms with Crippen LogP contribution >= 0.6 is 0 Å². The second-order valence-corrected chi connectivity index (χ2v) is 3.09. The maximum Gasteiger partial charge on any atom is -0.0171 e. The Labute approximate surface area is 70.9 Å². The van der Waals surface area contributed by atoms with Gasteiger partial charge in [-0.2, -0.15) is 0 Å². The fourth-order valence-electron chi connectivity index (χ4n) is 1.68. The lowest BCUT2D eigenvalue weighted by atomic mass is 10.1. The van der Waals surface area contributed by atoms with Crippen LogP contribution < -0.4 is 10.4 Å². The summed E-state index contributed by atoms with van der Waals surface area (Å²) in [5, 5.41) is 2.61. The van der Waals surface area contributed by atoms with Gasteiger partial charge in [-0.1, -0.05) is 18.2 Å². The Morgan fingerprint density at radius 2 is 1.92 bits per heavy atom. The number of fused-ring (bicyclic) bond motifs is 2. The van der Waals surface area contributed by atoms with Crippen LogP contribution in [0.1, 0.15) is 11.1 Å². The van der Waals surface area contributed by atoms with Crippen molar-refractivity contribution in [2.75, 3.05) is 0 Å². The zero-order chi connectivity index (χ0) is 7.97. The van der Waals surface area contributed by atoms with Gasteiger partial charge in [-0.25, -0.2) is 0 Å². The van der Waals surface area contributed by atoms with E-state index in [2.05, 4.69) is 36.4 Å². The molecule has 1 radical (unpaired) electrons. The Hall–Kier alpha value is -1.56. The smallest absolute Gasteiger partial charge is 0.0171 e. The molecule has 0 N–H and O–H groups in total. The van der Waals surface area contributed by atoms with Gasteiger partial charge in [0.1, 0.15) is 0 Å². The van der Waals surface area contributed by atoms with E-state index in [-0.39, 0.29) is 0 Å². The summed E-state index contributed by atoms with van der Waals surface area (Å²) in [6, 6.07) is 4.42. The Morgan fingerprint density at radius 1 is 1.00 bits per heavy atom. The van der Waals surface area contributed by atoms with E-state index in [1.807, 2.05) is 12.2 Å². The van der Waals surface area contributed by atoms with Crippen LogP contribution in [-0.2, 0) is 0 Å². The maximum absolute atomic E-state index is 3.10. The lowest BCUT2D eigenvalue weighted by Gasteiger charge is -1.94. The van der Waals surface area contributed by atoms with Crippen molar-refractivity contribution in [1.82, 2.24) is 0 Å². The third kappa shape index (κ3) is 0.668. The van der Waals surface area contributed by atoms with Gasteiger partial charge in [0.2, 0.25) is 0 Å². The van der Waals surface area contributed by atoms with Crippen molar-refractivity contribution < 1.29 is 0 Å². The number of allylic oxidation sites excluding steroid dienone is 2. The van der Waals surface area contributed by atoms with E-state index in [1.54, 1.807) is 0 Å². The van der Waals surface area contributed by atoms with Gasteiger partial charge in [0, 0.05) is 0 Å². The Bertz CT molecular complexity index is 464. The van der Waals surface area contributed by atoms with Crippen molar-refractivity contribution in [1.29, 1.82) is 0 Å². The van der Waals surface area contributed by atoms with Gasteiger partial charge in [0.05, 0.1) is 0 Å². The molecule has 1 aromatic rings. The first kappa shape index (κ1) is 6.01. The van der Waals surface area contributed by atoms with E-state index < -0.39 is 0 Å². The van der Waals surface area contributed by atoms with Crippen LogP contribution in [0.25, 0.3) is 24.3 Å². The molecule has 12 heavy (non-hydrogen) atoms. The summed E-state index contributed by atoms with van der Waals surface area (Å²) in [6.07, 6.45) is 13.5. The molecule has 0 unspecified atom stereocenters. The van der Waals surface area contributed by atoms with Crippen molar-refractivity contribution >= 4 is 24.3 Å². The molecule has 0 heterocycles. The monoisotopic (exact) mass is 151 g/mol. The molecular weight excluding hydrogens is 144 g/mol. The fourth-order valence-corrected chi connectivity index (χ4v) is 1.68. The van der Waals surface area contributed by atoms with Crippen molar-refractivity contribution in [3.63, 3.8) is 0 Å². The van der Waals surface area contributed by atoms with Crippen LogP contribution in [0.3, 0.4) is 0 Å². The molecular formula is C12H7. The van der Waals surface area contributed by atoms with Gasteiger partial charge in [0.15, 0.2) is 0 Å². The average Bonchev–Trinajstić information content (AvgIpc) is 2.64. The van der Waals surface area contributed by atoms with Gasteiger partial charge in [0.25, 0.3) is 0 Å². The van der Waals surface area contributed by atoms with Crippen molar-refractivity contribution in [3.05, 3.63) is 45.8 Å². The summed E-state index contributed by atoms with van der Waals surface area (Å²) in [7, 11) is 0. The Kier molecular flexibility index (Phi) is 0.991. The first-order valence-electron chi connectivity index (χ1n) is 4.05. The molecule has 0 atom stereocenters. The highest BCUT2D eigenvalue weighted by Crippen LogP contribution is 2.05. The van der Waals surface area contributed by atoms with Gasteiger partial charge < -0.3 is 0 Å². The molecule has 2 aliphatic rings. The Morgan fingerprint density at radius 3 is 2.92 bits per heavy atom. The topological polar surface area (TPSA) is 0 Å². The molecule has 0 bridgehead atoms. The predicted octanol–water partition coefficient (Wildman–Crippen LogP) is 1.10. The minimum Gasteiger partial charge on any atom is -0.0610 e. The van der Waals surface area contributed by atoms with Gasteiger partial charge >= 0.3 is 0 Å². The van der Waals surface area contributed by atoms with Crippen LogP contribution in [0.4, 0.5) is 0 Å². The minimum absolute atomic E-state index is 1.29. The summed E-state index contributed by atoms with van der Waals surface area (Å²) in [5.41, 5.74) is 2.61. The molecule has 0 saturated carbocycles. The van der Waals surface area contributed by atoms with Crippen LogP contribution in [0.2, 0.25) is 0 Å². The fraction of sp³-hybridized carbons (Fsp3) is 0. The number of benzene rings is 1. The lowest BCUT2D eigenvalue weighted by molar-refractivity contribution is 1.51. The molecule has 3 rings (SSSR count). The standard InChI is InChI=1S/C12H7/c1-3-9-7-11-5-2-6-12(11)8-10(9)4-1/h1,3-8H. The highest BCUT2D eigenvalue weighted by atomic mass is 14.1. The van der Waals surface area contributed by atoms with Gasteiger partial charge in [-0.05, 0) is 51.9 Å². The summed E-state index contributed by atoms with van der Waals surface area (Å²) in [4.78, 5) is 0. The van der Waals surface area contributed by atoms with E-state index in [4.69, 9.17) is 0 Å². The maximum atomic E-state index is 3.10. The number of hydrogen-bond donors (Lipinski definition) is 0. The first-order valence-corrected chi connectivity index (χ1v) is 4.05. The van der Waals surface area contributed by atoms with E-state index in [0.717, 1.165) is 0 Å². The second kappa shape index (κ2) is 1.98. The van der Waals surface area contributed by atoms with Crippen molar-refractivity contribution in [3.8, 4) is 0 Å². The van der Waals surface area contributed by atoms with E-state index >= 15 is 0 Å². The molecule has 0 heteroatoms. The van der Waals surface area contributed by atoms with Crippen molar-refractivity contribution in [2.24, 2.45) is 0 Å². The van der Waals surface area contributed by atoms with E-state index in [1.165, 1.54) is 21.6 Å². The highest BCUT2D eigenvalue weighted by molar-refractivity contribution is 5.71. The molecule has 0 amide bonds. The minimum atomic E-state index is 1.29. The van der Waals surface area contributed by atoms with Crippen molar-refractivity contribution in [2.45, 2.75) is 0 Å². The second-order valence-electron chi connectivity index (χ2n) is 3.09. The van der Waals surface area contributed by atoms with Crippen LogP contribution in [0.15, 0.2) is 18.2 Å². The van der Waals surface area contributed by atoms with Crippen LogP contribution in [-0.4, -0.2) is 0 Å². The normalized spacial score (nSPS) is 15.3. The lowest BCUT2D eigenvalue weighted by Crippen LogP contribution is -2.12. The van der Waals surface area contributed by atoms with Crippen LogP contribution in [0, 0.1) is 6.08 Å². The highest BCUT2D eigenvalue weighted by Gasteiger charge is 2.01. The summed E-state index contributed by atoms with van der Waals surface area (Å²) in [5.74, 6) is 0. The zero-order valence-electron chi connectivity index (χ0n) is 6.54. The molecule has 0 nitrogen and oxygen atoms in total. The largest absolute Gasteiger partial charge is 0.0610 e. The summed E-state index contributed by atoms with van der Waals surface area (Å²) in [6.45, 7) is 0. The first-order chi connectivity index (χ1) is 5.93. The predicted molar refractivity (Wildman–Crippen MR) is 51.4 cm³/mol. The molecule has 1 aromatic carbocycles. The third-order valence-electron chi connectivity index (χ3n) is 2.32. The summed E-state index contributed by atoms with van der Waals surface area (Å²) < 4.78 is 0. The SMILES string of the molecule is [C]1=Cc2cc3c(cc2=C1)C=CC=3. The molecule has 0 fully saturated rings. The van der Waals surface area contributed by atoms with Gasteiger partial charge in [-0.15, -0.1) is 0 Å².